The highest BCUT2D eigenvalue weighted by molar-refractivity contribution is 5.88. The van der Waals surface area contributed by atoms with E-state index in [-0.39, 0.29) is 5.82 Å². The Morgan fingerprint density at radius 2 is 1.71 bits per heavy atom. The molecule has 0 saturated carbocycles. The summed E-state index contributed by atoms with van der Waals surface area (Å²) in [5.74, 6) is 0.612. The summed E-state index contributed by atoms with van der Waals surface area (Å²) < 4.78 is 21.0. The molecule has 0 spiro atoms. The summed E-state index contributed by atoms with van der Waals surface area (Å²) in [6.45, 7) is 2.93. The number of halogens is 1. The summed E-state index contributed by atoms with van der Waals surface area (Å²) in [4.78, 5) is 4.56. The molecule has 3 nitrogen and oxygen atoms in total. The Morgan fingerprint density at radius 1 is 0.886 bits per heavy atom. The normalized spacial score (nSPS) is 10.9. The molecule has 1 heterocycles. The minimum atomic E-state index is -0.168. The van der Waals surface area contributed by atoms with E-state index in [0.29, 0.717) is 29.5 Å². The van der Waals surface area contributed by atoms with Crippen LogP contribution in [0.15, 0.2) is 72.9 Å². The predicted octanol–water partition coefficient (Wildman–Crippen LogP) is 8.05. The number of pyridine rings is 1. The summed E-state index contributed by atoms with van der Waals surface area (Å²) in [6.07, 6.45) is 9.15. The molecular formula is C31H31FN2O. The lowest BCUT2D eigenvalue weighted by molar-refractivity contribution is 0.303. The second kappa shape index (κ2) is 12.1. The lowest BCUT2D eigenvalue weighted by atomic mass is 9.98. The van der Waals surface area contributed by atoms with Crippen molar-refractivity contribution < 1.29 is 9.13 Å². The Labute approximate surface area is 207 Å². The molecular weight excluding hydrogens is 435 g/mol. The number of nitriles is 1. The molecule has 0 N–H and O–H groups in total. The van der Waals surface area contributed by atoms with Gasteiger partial charge in [-0.2, -0.15) is 5.26 Å². The van der Waals surface area contributed by atoms with Crippen LogP contribution in [0.25, 0.3) is 22.0 Å². The maximum absolute atomic E-state index is 15.2. The molecule has 4 heteroatoms. The van der Waals surface area contributed by atoms with Gasteiger partial charge in [0.15, 0.2) is 0 Å². The highest BCUT2D eigenvalue weighted by Crippen LogP contribution is 2.28. The van der Waals surface area contributed by atoms with Crippen molar-refractivity contribution in [1.29, 1.82) is 5.26 Å². The third-order valence-corrected chi connectivity index (χ3v) is 6.35. The van der Waals surface area contributed by atoms with E-state index >= 15 is 4.39 Å². The zero-order valence-corrected chi connectivity index (χ0v) is 20.3. The van der Waals surface area contributed by atoms with E-state index in [2.05, 4.69) is 18.0 Å². The number of unbranched alkanes of at least 4 members (excludes halogenated alkanes) is 4. The van der Waals surface area contributed by atoms with Crippen molar-refractivity contribution in [3.63, 3.8) is 0 Å². The third kappa shape index (κ3) is 6.45. The summed E-state index contributed by atoms with van der Waals surface area (Å²) in [5.41, 5.74) is 4.22. The van der Waals surface area contributed by atoms with Gasteiger partial charge in [0, 0.05) is 10.9 Å². The van der Waals surface area contributed by atoms with Gasteiger partial charge in [-0.15, -0.1) is 0 Å². The minimum Gasteiger partial charge on any atom is -0.492 e. The van der Waals surface area contributed by atoms with Gasteiger partial charge in [-0.3, -0.25) is 4.98 Å². The lowest BCUT2D eigenvalue weighted by Gasteiger charge is -2.10. The van der Waals surface area contributed by atoms with Gasteiger partial charge in [0.05, 0.1) is 30.1 Å². The molecule has 0 atom stereocenters. The number of aromatic nitrogens is 1. The third-order valence-electron chi connectivity index (χ3n) is 6.35. The topological polar surface area (TPSA) is 45.9 Å². The van der Waals surface area contributed by atoms with Crippen molar-refractivity contribution in [1.82, 2.24) is 4.98 Å². The van der Waals surface area contributed by atoms with Crippen LogP contribution >= 0.6 is 0 Å². The standard InChI is InChI=1S/C31H31FN2O/c1-2-3-4-5-6-19-35-28-16-18-30(34-22-28)27-15-17-29-26(20-27)14-13-25(31(29)32)12-11-23-7-9-24(21-33)10-8-23/h7-10,13-18,20,22H,2-6,11-12,19H2,1H3. The van der Waals surface area contributed by atoms with Gasteiger partial charge < -0.3 is 4.74 Å². The molecule has 0 saturated heterocycles. The quantitative estimate of drug-likeness (QED) is 0.210. The Hall–Kier alpha value is -3.71. The lowest BCUT2D eigenvalue weighted by Crippen LogP contribution is -1.98. The molecule has 4 rings (SSSR count). The minimum absolute atomic E-state index is 0.168. The van der Waals surface area contributed by atoms with Gasteiger partial charge in [0.1, 0.15) is 11.6 Å². The van der Waals surface area contributed by atoms with Crippen molar-refractivity contribution in [2.45, 2.75) is 51.9 Å². The van der Waals surface area contributed by atoms with Crippen LogP contribution in [0, 0.1) is 17.1 Å². The summed E-state index contributed by atoms with van der Waals surface area (Å²) in [6, 6.07) is 23.1. The van der Waals surface area contributed by atoms with Crippen molar-refractivity contribution in [2.75, 3.05) is 6.61 Å². The molecule has 35 heavy (non-hydrogen) atoms. The number of benzene rings is 3. The molecule has 0 aliphatic rings. The van der Waals surface area contributed by atoms with Crippen molar-refractivity contribution in [3.8, 4) is 23.1 Å². The largest absolute Gasteiger partial charge is 0.492 e. The first-order chi connectivity index (χ1) is 17.2. The maximum atomic E-state index is 15.2. The highest BCUT2D eigenvalue weighted by atomic mass is 19.1. The second-order valence-electron chi connectivity index (χ2n) is 8.93. The first-order valence-electron chi connectivity index (χ1n) is 12.5. The monoisotopic (exact) mass is 466 g/mol. The van der Waals surface area contributed by atoms with Crippen LogP contribution in [0.5, 0.6) is 5.75 Å². The first-order valence-corrected chi connectivity index (χ1v) is 12.5. The average Bonchev–Trinajstić information content (AvgIpc) is 2.91. The van der Waals surface area contributed by atoms with Gasteiger partial charge in [0.2, 0.25) is 0 Å². The fourth-order valence-electron chi connectivity index (χ4n) is 4.25. The molecule has 0 fully saturated rings. The molecule has 0 bridgehead atoms. The summed E-state index contributed by atoms with van der Waals surface area (Å²) >= 11 is 0. The number of hydrogen-bond donors (Lipinski definition) is 0. The first kappa shape index (κ1) is 24.4. The fraction of sp³-hybridized carbons (Fsp3) is 0.290. The molecule has 178 valence electrons. The molecule has 4 aromatic rings. The Balaban J connectivity index is 1.39. The maximum Gasteiger partial charge on any atom is 0.137 e. The number of aryl methyl sites for hydroxylation is 2. The van der Waals surface area contributed by atoms with Gasteiger partial charge in [-0.25, -0.2) is 4.39 Å². The summed E-state index contributed by atoms with van der Waals surface area (Å²) in [5, 5.41) is 10.4. The average molecular weight is 467 g/mol. The predicted molar refractivity (Wildman–Crippen MR) is 140 cm³/mol. The number of ether oxygens (including phenoxy) is 1. The molecule has 0 unspecified atom stereocenters. The molecule has 1 aromatic heterocycles. The molecule has 0 radical (unpaired) electrons. The zero-order chi connectivity index (χ0) is 24.5. The Morgan fingerprint density at radius 3 is 2.46 bits per heavy atom. The SMILES string of the molecule is CCCCCCCOc1ccc(-c2ccc3c(F)c(CCc4ccc(C#N)cc4)ccc3c2)nc1. The van der Waals surface area contributed by atoms with Crippen LogP contribution in [-0.4, -0.2) is 11.6 Å². The number of fused-ring (bicyclic) bond motifs is 1. The van der Waals surface area contributed by atoms with E-state index in [0.717, 1.165) is 40.8 Å². The molecule has 3 aromatic carbocycles. The number of hydrogen-bond acceptors (Lipinski definition) is 3. The van der Waals surface area contributed by atoms with Gasteiger partial charge in [-0.05, 0) is 66.1 Å². The Bertz CT molecular complexity index is 1290. The van der Waals surface area contributed by atoms with Gasteiger partial charge >= 0.3 is 0 Å². The van der Waals surface area contributed by atoms with E-state index in [9.17, 15) is 0 Å². The van der Waals surface area contributed by atoms with Crippen LogP contribution in [0.4, 0.5) is 4.39 Å². The van der Waals surface area contributed by atoms with Crippen LogP contribution in [0.2, 0.25) is 0 Å². The molecule has 0 aliphatic carbocycles. The van der Waals surface area contributed by atoms with E-state index in [1.54, 1.807) is 18.3 Å². The van der Waals surface area contributed by atoms with E-state index < -0.39 is 0 Å². The van der Waals surface area contributed by atoms with Crippen molar-refractivity contribution in [3.05, 3.63) is 95.4 Å². The molecule has 0 amide bonds. The summed E-state index contributed by atoms with van der Waals surface area (Å²) in [7, 11) is 0. The van der Waals surface area contributed by atoms with Crippen molar-refractivity contribution in [2.24, 2.45) is 0 Å². The zero-order valence-electron chi connectivity index (χ0n) is 20.3. The highest BCUT2D eigenvalue weighted by Gasteiger charge is 2.10. The van der Waals surface area contributed by atoms with Crippen LogP contribution in [0.3, 0.4) is 0 Å². The fourth-order valence-corrected chi connectivity index (χ4v) is 4.25. The van der Waals surface area contributed by atoms with E-state index in [1.807, 2.05) is 54.6 Å². The smallest absolute Gasteiger partial charge is 0.137 e. The number of rotatable bonds is 11. The van der Waals surface area contributed by atoms with Crippen LogP contribution < -0.4 is 4.74 Å². The van der Waals surface area contributed by atoms with Gasteiger partial charge in [0.25, 0.3) is 0 Å². The van der Waals surface area contributed by atoms with Gasteiger partial charge in [-0.1, -0.05) is 69.0 Å². The van der Waals surface area contributed by atoms with Crippen LogP contribution in [0.1, 0.15) is 55.7 Å². The van der Waals surface area contributed by atoms with E-state index in [4.69, 9.17) is 10.00 Å². The Kier molecular flexibility index (Phi) is 8.46. The number of nitrogens with zero attached hydrogens (tertiary/aromatic N) is 2. The van der Waals surface area contributed by atoms with E-state index in [1.165, 1.54) is 25.7 Å². The molecule has 0 aliphatic heterocycles. The second-order valence-corrected chi connectivity index (χ2v) is 8.93. The van der Waals surface area contributed by atoms with Crippen molar-refractivity contribution >= 4 is 10.8 Å². The van der Waals surface area contributed by atoms with Crippen LogP contribution in [-0.2, 0) is 12.8 Å².